The van der Waals surface area contributed by atoms with E-state index in [0.717, 1.165) is 43.4 Å². The normalized spacial score (nSPS) is 20.2. The van der Waals surface area contributed by atoms with E-state index in [1.807, 2.05) is 12.1 Å². The lowest BCUT2D eigenvalue weighted by molar-refractivity contribution is 0.119. The summed E-state index contributed by atoms with van der Waals surface area (Å²) in [7, 11) is 0. The number of ether oxygens (including phenoxy) is 4. The standard InChI is InChI=1S/C27H27NO4/c1-2-7-20(8-3-1)17-29-12-6-11-28-18-27(21-9-4-5-10-23(21)28)19-32-24-16-26-25(15-22(24)27)30-13-14-31-26/h1-5,7-10,15-16H,6,11-14,17-19H2. The molecule has 0 radical (unpaired) electrons. The molecule has 5 heteroatoms. The number of rotatable bonds is 6. The number of hydrogen-bond donors (Lipinski definition) is 0. The molecule has 0 fully saturated rings. The Morgan fingerprint density at radius 3 is 2.47 bits per heavy atom. The highest BCUT2D eigenvalue weighted by Crippen LogP contribution is 2.54. The topological polar surface area (TPSA) is 40.2 Å². The highest BCUT2D eigenvalue weighted by Gasteiger charge is 2.50. The van der Waals surface area contributed by atoms with Gasteiger partial charge in [0.2, 0.25) is 0 Å². The van der Waals surface area contributed by atoms with Crippen molar-refractivity contribution in [1.82, 2.24) is 0 Å². The van der Waals surface area contributed by atoms with Gasteiger partial charge in [0.1, 0.15) is 25.6 Å². The average Bonchev–Trinajstić information content (AvgIpc) is 3.36. The Morgan fingerprint density at radius 2 is 1.59 bits per heavy atom. The third-order valence-electron chi connectivity index (χ3n) is 6.68. The molecule has 1 atom stereocenters. The number of benzene rings is 3. The molecule has 164 valence electrons. The lowest BCUT2D eigenvalue weighted by Gasteiger charge is -2.26. The molecule has 3 aliphatic heterocycles. The third kappa shape index (κ3) is 3.28. The van der Waals surface area contributed by atoms with Crippen LogP contribution in [0.15, 0.2) is 66.7 Å². The summed E-state index contributed by atoms with van der Waals surface area (Å²) in [5.41, 5.74) is 4.87. The van der Waals surface area contributed by atoms with Crippen LogP contribution in [0.1, 0.15) is 23.1 Å². The van der Waals surface area contributed by atoms with E-state index >= 15 is 0 Å². The molecule has 3 heterocycles. The van der Waals surface area contributed by atoms with Gasteiger partial charge in [-0.05, 0) is 29.7 Å². The number of nitrogens with zero attached hydrogens (tertiary/aromatic N) is 1. The molecule has 0 N–H and O–H groups in total. The van der Waals surface area contributed by atoms with Crippen molar-refractivity contribution in [3.05, 3.63) is 83.4 Å². The summed E-state index contributed by atoms with van der Waals surface area (Å²) in [4.78, 5) is 2.48. The molecule has 0 bridgehead atoms. The second-order valence-corrected chi connectivity index (χ2v) is 8.69. The Hall–Kier alpha value is -3.18. The lowest BCUT2D eigenvalue weighted by atomic mass is 9.77. The minimum Gasteiger partial charge on any atom is -0.492 e. The minimum atomic E-state index is -0.174. The first kappa shape index (κ1) is 19.5. The van der Waals surface area contributed by atoms with E-state index in [9.17, 15) is 0 Å². The van der Waals surface area contributed by atoms with Crippen LogP contribution in [0.4, 0.5) is 5.69 Å². The van der Waals surface area contributed by atoms with Crippen LogP contribution in [0.25, 0.3) is 0 Å². The average molecular weight is 430 g/mol. The first-order valence-corrected chi connectivity index (χ1v) is 11.4. The van der Waals surface area contributed by atoms with Crippen LogP contribution in [0.3, 0.4) is 0 Å². The van der Waals surface area contributed by atoms with Gasteiger partial charge in [-0.25, -0.2) is 0 Å². The summed E-state index contributed by atoms with van der Waals surface area (Å²) in [6, 6.07) is 23.2. The smallest absolute Gasteiger partial charge is 0.165 e. The maximum absolute atomic E-state index is 6.21. The summed E-state index contributed by atoms with van der Waals surface area (Å²) in [5.74, 6) is 2.52. The maximum Gasteiger partial charge on any atom is 0.165 e. The van der Waals surface area contributed by atoms with E-state index in [0.29, 0.717) is 26.4 Å². The Labute approximate surface area is 188 Å². The van der Waals surface area contributed by atoms with Gasteiger partial charge < -0.3 is 23.8 Å². The minimum absolute atomic E-state index is 0.174. The molecule has 0 amide bonds. The molecular formula is C27H27NO4. The molecular weight excluding hydrogens is 402 g/mol. The second kappa shape index (κ2) is 8.06. The predicted molar refractivity (Wildman–Crippen MR) is 123 cm³/mol. The molecule has 3 aliphatic rings. The van der Waals surface area contributed by atoms with Crippen LogP contribution in [0.5, 0.6) is 17.2 Å². The van der Waals surface area contributed by atoms with Gasteiger partial charge in [-0.15, -0.1) is 0 Å². The van der Waals surface area contributed by atoms with Crippen molar-refractivity contribution in [2.75, 3.05) is 44.4 Å². The van der Waals surface area contributed by atoms with Crippen molar-refractivity contribution in [3.63, 3.8) is 0 Å². The highest BCUT2D eigenvalue weighted by atomic mass is 16.6. The van der Waals surface area contributed by atoms with E-state index in [2.05, 4.69) is 59.5 Å². The molecule has 0 aromatic heterocycles. The van der Waals surface area contributed by atoms with Crippen LogP contribution in [-0.4, -0.2) is 39.5 Å². The first-order valence-electron chi connectivity index (χ1n) is 11.4. The largest absolute Gasteiger partial charge is 0.492 e. The Bertz CT molecular complexity index is 1120. The molecule has 3 aromatic rings. The van der Waals surface area contributed by atoms with Crippen molar-refractivity contribution < 1.29 is 18.9 Å². The van der Waals surface area contributed by atoms with Crippen LogP contribution < -0.4 is 19.1 Å². The zero-order valence-corrected chi connectivity index (χ0v) is 18.1. The van der Waals surface area contributed by atoms with E-state index in [1.165, 1.54) is 22.4 Å². The summed E-state index contributed by atoms with van der Waals surface area (Å²) < 4.78 is 23.8. The summed E-state index contributed by atoms with van der Waals surface area (Å²) in [6.45, 7) is 5.07. The lowest BCUT2D eigenvalue weighted by Crippen LogP contribution is -2.36. The fourth-order valence-electron chi connectivity index (χ4n) is 5.17. The zero-order chi connectivity index (χ0) is 21.4. The maximum atomic E-state index is 6.21. The van der Waals surface area contributed by atoms with Gasteiger partial charge in [0, 0.05) is 37.0 Å². The van der Waals surface area contributed by atoms with Crippen molar-refractivity contribution in [1.29, 1.82) is 0 Å². The Balaban J connectivity index is 1.19. The van der Waals surface area contributed by atoms with Gasteiger partial charge in [0.15, 0.2) is 11.5 Å². The van der Waals surface area contributed by atoms with Crippen molar-refractivity contribution in [2.24, 2.45) is 0 Å². The molecule has 1 spiro atoms. The molecule has 0 aliphatic carbocycles. The molecule has 0 saturated carbocycles. The Morgan fingerprint density at radius 1 is 0.812 bits per heavy atom. The summed E-state index contributed by atoms with van der Waals surface area (Å²) in [6.07, 6.45) is 0.978. The van der Waals surface area contributed by atoms with E-state index in [1.54, 1.807) is 0 Å². The second-order valence-electron chi connectivity index (χ2n) is 8.69. The third-order valence-corrected chi connectivity index (χ3v) is 6.68. The Kier molecular flexibility index (Phi) is 4.91. The van der Waals surface area contributed by atoms with Crippen LogP contribution in [0.2, 0.25) is 0 Å². The summed E-state index contributed by atoms with van der Waals surface area (Å²) in [5, 5.41) is 0. The van der Waals surface area contributed by atoms with Gasteiger partial charge in [-0.2, -0.15) is 0 Å². The van der Waals surface area contributed by atoms with Crippen molar-refractivity contribution in [3.8, 4) is 17.2 Å². The number of fused-ring (bicyclic) bond motifs is 5. The molecule has 1 unspecified atom stereocenters. The van der Waals surface area contributed by atoms with E-state index in [-0.39, 0.29) is 5.41 Å². The number of anilines is 1. The van der Waals surface area contributed by atoms with Crippen LogP contribution in [0, 0.1) is 0 Å². The molecule has 5 nitrogen and oxygen atoms in total. The van der Waals surface area contributed by atoms with Crippen molar-refractivity contribution >= 4 is 5.69 Å². The number of hydrogen-bond acceptors (Lipinski definition) is 5. The summed E-state index contributed by atoms with van der Waals surface area (Å²) >= 11 is 0. The highest BCUT2D eigenvalue weighted by molar-refractivity contribution is 5.70. The van der Waals surface area contributed by atoms with Gasteiger partial charge in [-0.3, -0.25) is 0 Å². The fourth-order valence-corrected chi connectivity index (χ4v) is 5.17. The van der Waals surface area contributed by atoms with E-state index in [4.69, 9.17) is 18.9 Å². The molecule has 6 rings (SSSR count). The van der Waals surface area contributed by atoms with Gasteiger partial charge >= 0.3 is 0 Å². The van der Waals surface area contributed by atoms with Crippen molar-refractivity contribution in [2.45, 2.75) is 18.4 Å². The molecule has 3 aromatic carbocycles. The van der Waals surface area contributed by atoms with Gasteiger partial charge in [0.25, 0.3) is 0 Å². The van der Waals surface area contributed by atoms with Gasteiger partial charge in [-0.1, -0.05) is 48.5 Å². The van der Waals surface area contributed by atoms with Crippen LogP contribution >= 0.6 is 0 Å². The number of para-hydroxylation sites is 1. The first-order chi connectivity index (χ1) is 15.8. The van der Waals surface area contributed by atoms with Gasteiger partial charge in [0.05, 0.1) is 12.0 Å². The molecule has 0 saturated heterocycles. The van der Waals surface area contributed by atoms with Crippen LogP contribution in [-0.2, 0) is 16.8 Å². The molecule has 32 heavy (non-hydrogen) atoms. The monoisotopic (exact) mass is 429 g/mol. The SMILES string of the molecule is c1ccc(COCCCN2CC3(COc4cc5c(cc43)OCCO5)c3ccccc32)cc1. The predicted octanol–water partition coefficient (Wildman–Crippen LogP) is 4.56. The zero-order valence-electron chi connectivity index (χ0n) is 18.1. The van der Waals surface area contributed by atoms with E-state index < -0.39 is 0 Å². The fraction of sp³-hybridized carbons (Fsp3) is 0.333. The quantitative estimate of drug-likeness (QED) is 0.537.